The number of carbonyl (C=O) groups excluding carboxylic acids is 2. The molecule has 0 amide bonds. The highest BCUT2D eigenvalue weighted by Crippen LogP contribution is 2.23. The molecule has 1 rings (SSSR count). The monoisotopic (exact) mass is 154 g/mol. The Hall–Kier alpha value is -1.12. The van der Waals surface area contributed by atoms with Gasteiger partial charge in [-0.05, 0) is 12.0 Å². The Morgan fingerprint density at radius 1 is 1.73 bits per heavy atom. The second-order valence-electron chi connectivity index (χ2n) is 2.66. The van der Waals surface area contributed by atoms with Crippen LogP contribution in [0.5, 0.6) is 0 Å². The smallest absolute Gasteiger partial charge is 0.334 e. The fourth-order valence-electron chi connectivity index (χ4n) is 1.16. The van der Waals surface area contributed by atoms with Gasteiger partial charge in [-0.25, -0.2) is 4.79 Å². The molecule has 0 saturated carbocycles. The minimum Gasteiger partial charge on any atom is -0.466 e. The molecule has 3 heteroatoms. The van der Waals surface area contributed by atoms with Gasteiger partial charge in [0, 0.05) is 12.0 Å². The average Bonchev–Trinajstić information content (AvgIpc) is 2.28. The lowest BCUT2D eigenvalue weighted by atomic mass is 10.1. The van der Waals surface area contributed by atoms with Gasteiger partial charge in [0.25, 0.3) is 0 Å². The maximum absolute atomic E-state index is 10.9. The molecule has 1 atom stereocenters. The van der Waals surface area contributed by atoms with Crippen molar-refractivity contribution in [1.82, 2.24) is 0 Å². The second kappa shape index (κ2) is 2.86. The molecule has 60 valence electrons. The third-order valence-electron chi connectivity index (χ3n) is 1.78. The first kappa shape index (κ1) is 7.98. The highest BCUT2D eigenvalue weighted by atomic mass is 16.5. The Bertz CT molecular complexity index is 227. The number of esters is 1. The van der Waals surface area contributed by atoms with Crippen molar-refractivity contribution in [2.45, 2.75) is 13.3 Å². The Morgan fingerprint density at radius 2 is 2.36 bits per heavy atom. The van der Waals surface area contributed by atoms with Crippen molar-refractivity contribution >= 4 is 11.8 Å². The van der Waals surface area contributed by atoms with Crippen LogP contribution < -0.4 is 0 Å². The van der Waals surface area contributed by atoms with Crippen molar-refractivity contribution in [3.8, 4) is 0 Å². The quantitative estimate of drug-likeness (QED) is 0.522. The van der Waals surface area contributed by atoms with Crippen LogP contribution in [0.3, 0.4) is 0 Å². The molecule has 0 aromatic carbocycles. The van der Waals surface area contributed by atoms with Gasteiger partial charge in [0.05, 0.1) is 7.11 Å². The molecule has 0 bridgehead atoms. The lowest BCUT2D eigenvalue weighted by Crippen LogP contribution is -2.08. The van der Waals surface area contributed by atoms with Crippen molar-refractivity contribution in [2.24, 2.45) is 5.92 Å². The molecule has 1 unspecified atom stereocenters. The van der Waals surface area contributed by atoms with Gasteiger partial charge in [0.2, 0.25) is 0 Å². The topological polar surface area (TPSA) is 43.4 Å². The van der Waals surface area contributed by atoms with Crippen molar-refractivity contribution in [3.05, 3.63) is 11.6 Å². The van der Waals surface area contributed by atoms with E-state index in [4.69, 9.17) is 0 Å². The van der Waals surface area contributed by atoms with Gasteiger partial charge in [-0.3, -0.25) is 4.79 Å². The number of ether oxygens (including phenoxy) is 1. The minimum absolute atomic E-state index is 0.0119. The molecule has 1 aliphatic carbocycles. The van der Waals surface area contributed by atoms with E-state index in [2.05, 4.69) is 4.74 Å². The zero-order chi connectivity index (χ0) is 8.43. The highest BCUT2D eigenvalue weighted by Gasteiger charge is 2.26. The van der Waals surface area contributed by atoms with Crippen LogP contribution in [0.2, 0.25) is 0 Å². The van der Waals surface area contributed by atoms with Crippen LogP contribution in [-0.4, -0.2) is 18.9 Å². The molecule has 0 N–H and O–H groups in total. The number of rotatable bonds is 1. The number of carbonyl (C=O) groups is 2. The standard InChI is InChI=1S/C8H10O3/c1-5-3-6(9)4-7(5)8(10)11-2/h4-5H,3H2,1-2H3. The second-order valence-corrected chi connectivity index (χ2v) is 2.66. The van der Waals surface area contributed by atoms with E-state index >= 15 is 0 Å². The first-order valence-electron chi connectivity index (χ1n) is 3.48. The summed E-state index contributed by atoms with van der Waals surface area (Å²) >= 11 is 0. The van der Waals surface area contributed by atoms with Crippen molar-refractivity contribution in [1.29, 1.82) is 0 Å². The molecule has 0 saturated heterocycles. The summed E-state index contributed by atoms with van der Waals surface area (Å²) in [5.41, 5.74) is 0.498. The Balaban J connectivity index is 2.79. The lowest BCUT2D eigenvalue weighted by Gasteiger charge is -2.03. The summed E-state index contributed by atoms with van der Waals surface area (Å²) in [7, 11) is 1.32. The van der Waals surface area contributed by atoms with Crippen LogP contribution in [0.25, 0.3) is 0 Å². The summed E-state index contributed by atoms with van der Waals surface area (Å²) in [5, 5.41) is 0. The number of ketones is 1. The first-order valence-corrected chi connectivity index (χ1v) is 3.48. The summed E-state index contributed by atoms with van der Waals surface area (Å²) in [4.78, 5) is 21.7. The normalized spacial score (nSPS) is 23.3. The average molecular weight is 154 g/mol. The molecular weight excluding hydrogens is 144 g/mol. The van der Waals surface area contributed by atoms with E-state index in [9.17, 15) is 9.59 Å². The molecule has 0 aromatic heterocycles. The number of hydrogen-bond donors (Lipinski definition) is 0. The van der Waals surface area contributed by atoms with Gasteiger partial charge >= 0.3 is 5.97 Å². The molecule has 0 aromatic rings. The van der Waals surface area contributed by atoms with Gasteiger partial charge < -0.3 is 4.74 Å². The molecular formula is C8H10O3. The van der Waals surface area contributed by atoms with Gasteiger partial charge in [-0.1, -0.05) is 6.92 Å². The van der Waals surface area contributed by atoms with Crippen LogP contribution in [-0.2, 0) is 14.3 Å². The molecule has 11 heavy (non-hydrogen) atoms. The minimum atomic E-state index is -0.386. The van der Waals surface area contributed by atoms with E-state index in [1.165, 1.54) is 13.2 Å². The molecule has 0 aliphatic heterocycles. The Kier molecular flexibility index (Phi) is 2.08. The summed E-state index contributed by atoms with van der Waals surface area (Å²) in [6.07, 6.45) is 1.81. The van der Waals surface area contributed by atoms with Gasteiger partial charge in [0.1, 0.15) is 0 Å². The van der Waals surface area contributed by atoms with E-state index < -0.39 is 0 Å². The number of allylic oxidation sites excluding steroid dienone is 1. The van der Waals surface area contributed by atoms with E-state index in [1.807, 2.05) is 6.92 Å². The zero-order valence-electron chi connectivity index (χ0n) is 6.59. The zero-order valence-corrected chi connectivity index (χ0v) is 6.59. The molecule has 0 spiro atoms. The molecule has 1 aliphatic rings. The SMILES string of the molecule is COC(=O)C1=CC(=O)CC1C. The van der Waals surface area contributed by atoms with E-state index in [1.54, 1.807) is 0 Å². The van der Waals surface area contributed by atoms with Gasteiger partial charge in [0.15, 0.2) is 5.78 Å². The first-order chi connectivity index (χ1) is 5.15. The van der Waals surface area contributed by atoms with E-state index in [0.29, 0.717) is 12.0 Å². The van der Waals surface area contributed by atoms with Crippen LogP contribution in [0.1, 0.15) is 13.3 Å². The fourth-order valence-corrected chi connectivity index (χ4v) is 1.16. The van der Waals surface area contributed by atoms with E-state index in [0.717, 1.165) is 0 Å². The fraction of sp³-hybridized carbons (Fsp3) is 0.500. The number of methoxy groups -OCH3 is 1. The largest absolute Gasteiger partial charge is 0.466 e. The Morgan fingerprint density at radius 3 is 2.73 bits per heavy atom. The maximum atomic E-state index is 10.9. The molecule has 0 fully saturated rings. The van der Waals surface area contributed by atoms with Crippen LogP contribution in [0.4, 0.5) is 0 Å². The predicted octanol–water partition coefficient (Wildman–Crippen LogP) is 0.695. The summed E-state index contributed by atoms with van der Waals surface area (Å²) in [5.74, 6) is -0.351. The summed E-state index contributed by atoms with van der Waals surface area (Å²) in [6, 6.07) is 0. The molecule has 0 heterocycles. The van der Waals surface area contributed by atoms with Crippen LogP contribution in [0, 0.1) is 5.92 Å². The maximum Gasteiger partial charge on any atom is 0.334 e. The van der Waals surface area contributed by atoms with Gasteiger partial charge in [-0.15, -0.1) is 0 Å². The Labute approximate surface area is 65.0 Å². The van der Waals surface area contributed by atoms with Crippen LogP contribution in [0.15, 0.2) is 11.6 Å². The van der Waals surface area contributed by atoms with Crippen LogP contribution >= 0.6 is 0 Å². The van der Waals surface area contributed by atoms with Crippen molar-refractivity contribution in [3.63, 3.8) is 0 Å². The lowest BCUT2D eigenvalue weighted by molar-refractivity contribution is -0.136. The van der Waals surface area contributed by atoms with Gasteiger partial charge in [-0.2, -0.15) is 0 Å². The summed E-state index contributed by atoms with van der Waals surface area (Å²) < 4.78 is 4.49. The molecule has 0 radical (unpaired) electrons. The number of hydrogen-bond acceptors (Lipinski definition) is 3. The molecule has 3 nitrogen and oxygen atoms in total. The van der Waals surface area contributed by atoms with Crippen molar-refractivity contribution < 1.29 is 14.3 Å². The predicted molar refractivity (Wildman–Crippen MR) is 38.9 cm³/mol. The summed E-state index contributed by atoms with van der Waals surface area (Å²) in [6.45, 7) is 1.84. The van der Waals surface area contributed by atoms with E-state index in [-0.39, 0.29) is 17.7 Å². The highest BCUT2D eigenvalue weighted by molar-refractivity contribution is 6.03. The van der Waals surface area contributed by atoms with Crippen molar-refractivity contribution in [2.75, 3.05) is 7.11 Å². The third kappa shape index (κ3) is 1.48. The third-order valence-corrected chi connectivity index (χ3v) is 1.78.